The number of carbonyl (C=O) groups excluding carboxylic acids is 1. The number of thioether (sulfide) groups is 1. The molecule has 4 heteroatoms. The van der Waals surface area contributed by atoms with Crippen LogP contribution in [0.4, 0.5) is 0 Å². The van der Waals surface area contributed by atoms with Gasteiger partial charge in [0, 0.05) is 11.3 Å². The van der Waals surface area contributed by atoms with Crippen molar-refractivity contribution in [1.82, 2.24) is 5.32 Å². The highest BCUT2D eigenvalue weighted by Gasteiger charge is 2.12. The van der Waals surface area contributed by atoms with Crippen molar-refractivity contribution >= 4 is 17.7 Å². The van der Waals surface area contributed by atoms with Crippen LogP contribution in [0.1, 0.15) is 31.9 Å². The predicted octanol–water partition coefficient (Wildman–Crippen LogP) is 2.71. The zero-order chi connectivity index (χ0) is 13.6. The summed E-state index contributed by atoms with van der Waals surface area (Å²) in [5.74, 6) is 0.513. The monoisotopic (exact) mass is 262 g/mol. The predicted molar refractivity (Wildman–Crippen MR) is 75.2 cm³/mol. The van der Waals surface area contributed by atoms with Gasteiger partial charge in [-0.3, -0.25) is 4.79 Å². The molecule has 1 rings (SSSR count). The van der Waals surface area contributed by atoms with Crippen molar-refractivity contribution in [3.05, 3.63) is 35.4 Å². The third-order valence-corrected chi connectivity index (χ3v) is 3.48. The van der Waals surface area contributed by atoms with E-state index >= 15 is 0 Å². The van der Waals surface area contributed by atoms with Crippen LogP contribution in [0.5, 0.6) is 0 Å². The second kappa shape index (κ2) is 6.46. The lowest BCUT2D eigenvalue weighted by molar-refractivity contribution is -0.118. The molecular formula is C14H18N2OS. The second-order valence-corrected chi connectivity index (χ2v) is 6.79. The fraction of sp³-hybridized carbons (Fsp3) is 0.429. The third kappa shape index (κ3) is 5.74. The van der Waals surface area contributed by atoms with Gasteiger partial charge >= 0.3 is 0 Å². The molecule has 0 aliphatic heterocycles. The molecule has 1 aromatic rings. The number of rotatable bonds is 4. The quantitative estimate of drug-likeness (QED) is 0.907. The van der Waals surface area contributed by atoms with E-state index < -0.39 is 0 Å². The van der Waals surface area contributed by atoms with Gasteiger partial charge in [0.05, 0.1) is 17.4 Å². The highest BCUT2D eigenvalue weighted by molar-refractivity contribution is 8.01. The van der Waals surface area contributed by atoms with Crippen molar-refractivity contribution in [2.75, 3.05) is 5.75 Å². The number of amides is 1. The molecule has 0 unspecified atom stereocenters. The Hall–Kier alpha value is -1.47. The number of nitriles is 1. The lowest BCUT2D eigenvalue weighted by atomic mass is 10.1. The molecule has 0 spiro atoms. The van der Waals surface area contributed by atoms with Crippen LogP contribution in [0.15, 0.2) is 24.3 Å². The topological polar surface area (TPSA) is 52.9 Å². The van der Waals surface area contributed by atoms with Gasteiger partial charge < -0.3 is 5.32 Å². The van der Waals surface area contributed by atoms with Gasteiger partial charge in [0.1, 0.15) is 0 Å². The van der Waals surface area contributed by atoms with E-state index in [2.05, 4.69) is 32.2 Å². The first kappa shape index (κ1) is 14.6. The second-order valence-electron chi connectivity index (χ2n) is 4.99. The first-order valence-corrected chi connectivity index (χ1v) is 6.79. The maximum absolute atomic E-state index is 11.6. The first-order valence-electron chi connectivity index (χ1n) is 5.80. The maximum atomic E-state index is 11.6. The van der Waals surface area contributed by atoms with Crippen LogP contribution in [-0.4, -0.2) is 16.4 Å². The Labute approximate surface area is 113 Å². The van der Waals surface area contributed by atoms with Gasteiger partial charge in [0.2, 0.25) is 5.91 Å². The van der Waals surface area contributed by atoms with Crippen LogP contribution in [0, 0.1) is 11.3 Å². The Morgan fingerprint density at radius 1 is 1.33 bits per heavy atom. The molecule has 1 amide bonds. The molecule has 1 aromatic carbocycles. The lowest BCUT2D eigenvalue weighted by Gasteiger charge is -2.16. The van der Waals surface area contributed by atoms with Crippen molar-refractivity contribution in [2.24, 2.45) is 0 Å². The summed E-state index contributed by atoms with van der Waals surface area (Å²) in [6.45, 7) is 6.78. The summed E-state index contributed by atoms with van der Waals surface area (Å²) >= 11 is 1.63. The Kier molecular flexibility index (Phi) is 5.24. The molecule has 0 saturated heterocycles. The van der Waals surface area contributed by atoms with Crippen LogP contribution in [0.25, 0.3) is 0 Å². The minimum Gasteiger partial charge on any atom is -0.351 e. The summed E-state index contributed by atoms with van der Waals surface area (Å²) in [4.78, 5) is 11.6. The zero-order valence-electron chi connectivity index (χ0n) is 11.0. The minimum atomic E-state index is 0.0410. The number of nitrogens with one attached hydrogen (secondary N) is 1. The number of nitrogens with zero attached hydrogens (tertiary/aromatic N) is 1. The van der Waals surface area contributed by atoms with E-state index in [1.807, 2.05) is 12.1 Å². The molecule has 0 radical (unpaired) electrons. The zero-order valence-corrected chi connectivity index (χ0v) is 11.8. The maximum Gasteiger partial charge on any atom is 0.230 e. The van der Waals surface area contributed by atoms with Crippen molar-refractivity contribution in [3.8, 4) is 6.07 Å². The van der Waals surface area contributed by atoms with E-state index in [0.29, 0.717) is 17.9 Å². The Morgan fingerprint density at radius 3 is 2.44 bits per heavy atom. The van der Waals surface area contributed by atoms with Crippen molar-refractivity contribution in [1.29, 1.82) is 5.26 Å². The van der Waals surface area contributed by atoms with Gasteiger partial charge in [-0.2, -0.15) is 5.26 Å². The summed E-state index contributed by atoms with van der Waals surface area (Å²) < 4.78 is 0.103. The number of carbonyl (C=O) groups is 1. The third-order valence-electron chi connectivity index (χ3n) is 2.21. The van der Waals surface area contributed by atoms with E-state index in [4.69, 9.17) is 5.26 Å². The van der Waals surface area contributed by atoms with E-state index in [1.54, 1.807) is 23.9 Å². The molecule has 0 fully saturated rings. The molecule has 96 valence electrons. The highest BCUT2D eigenvalue weighted by Crippen LogP contribution is 2.22. The van der Waals surface area contributed by atoms with Crippen LogP contribution in [-0.2, 0) is 11.3 Å². The highest BCUT2D eigenvalue weighted by atomic mass is 32.2. The SMILES string of the molecule is CC(C)(C)SCC(=O)NCc1ccc(C#N)cc1. The summed E-state index contributed by atoms with van der Waals surface area (Å²) in [5, 5.41) is 11.5. The molecule has 0 saturated carbocycles. The standard InChI is InChI=1S/C14H18N2OS/c1-14(2,3)18-10-13(17)16-9-12-6-4-11(8-15)5-7-12/h4-7H,9-10H2,1-3H3,(H,16,17). The molecule has 0 bridgehead atoms. The molecule has 3 nitrogen and oxygen atoms in total. The van der Waals surface area contributed by atoms with E-state index in [-0.39, 0.29) is 10.7 Å². The molecule has 0 heterocycles. The van der Waals surface area contributed by atoms with E-state index in [9.17, 15) is 4.79 Å². The molecule has 0 atom stereocenters. The summed E-state index contributed by atoms with van der Waals surface area (Å²) in [7, 11) is 0. The van der Waals surface area contributed by atoms with Crippen LogP contribution < -0.4 is 5.32 Å². The van der Waals surface area contributed by atoms with Gasteiger partial charge in [-0.1, -0.05) is 32.9 Å². The lowest BCUT2D eigenvalue weighted by Crippen LogP contribution is -2.26. The van der Waals surface area contributed by atoms with Crippen molar-refractivity contribution < 1.29 is 4.79 Å². The number of hydrogen-bond donors (Lipinski definition) is 1. The molecule has 0 aliphatic carbocycles. The van der Waals surface area contributed by atoms with Crippen LogP contribution >= 0.6 is 11.8 Å². The fourth-order valence-electron chi connectivity index (χ4n) is 1.23. The van der Waals surface area contributed by atoms with Gasteiger partial charge in [-0.25, -0.2) is 0 Å². The van der Waals surface area contributed by atoms with Gasteiger partial charge in [0.25, 0.3) is 0 Å². The summed E-state index contributed by atoms with van der Waals surface area (Å²) in [5.41, 5.74) is 1.64. The molecule has 18 heavy (non-hydrogen) atoms. The smallest absolute Gasteiger partial charge is 0.230 e. The average molecular weight is 262 g/mol. The van der Waals surface area contributed by atoms with E-state index in [1.165, 1.54) is 0 Å². The normalized spacial score (nSPS) is 10.8. The van der Waals surface area contributed by atoms with Gasteiger partial charge in [-0.15, -0.1) is 11.8 Å². The van der Waals surface area contributed by atoms with Gasteiger partial charge in [-0.05, 0) is 17.7 Å². The summed E-state index contributed by atoms with van der Waals surface area (Å²) in [6.07, 6.45) is 0. The number of hydrogen-bond acceptors (Lipinski definition) is 3. The van der Waals surface area contributed by atoms with Crippen molar-refractivity contribution in [3.63, 3.8) is 0 Å². The fourth-order valence-corrected chi connectivity index (χ4v) is 1.90. The van der Waals surface area contributed by atoms with Crippen LogP contribution in [0.2, 0.25) is 0 Å². The van der Waals surface area contributed by atoms with E-state index in [0.717, 1.165) is 5.56 Å². The van der Waals surface area contributed by atoms with Crippen molar-refractivity contribution in [2.45, 2.75) is 32.1 Å². The largest absolute Gasteiger partial charge is 0.351 e. The Bertz CT molecular complexity index is 440. The average Bonchev–Trinajstić information content (AvgIpc) is 2.33. The first-order chi connectivity index (χ1) is 8.40. The Balaban J connectivity index is 2.36. The molecule has 0 aliphatic rings. The summed E-state index contributed by atoms with van der Waals surface area (Å²) in [6, 6.07) is 9.29. The minimum absolute atomic E-state index is 0.0410. The molecule has 1 N–H and O–H groups in total. The number of benzene rings is 1. The molecular weight excluding hydrogens is 244 g/mol. The van der Waals surface area contributed by atoms with Gasteiger partial charge in [0.15, 0.2) is 0 Å². The molecule has 0 aromatic heterocycles. The van der Waals surface area contributed by atoms with Crippen LogP contribution in [0.3, 0.4) is 0 Å². The Morgan fingerprint density at radius 2 is 1.94 bits per heavy atom.